The first-order valence-electron chi connectivity index (χ1n) is 4.86. The SMILES string of the molecule is CC1(O)CCN(c2ncc(N)cc2Cl)C1. The molecular formula is C10H14ClN3O. The zero-order valence-electron chi connectivity index (χ0n) is 8.57. The molecule has 1 aromatic rings. The van der Waals surface area contributed by atoms with Crippen LogP contribution in [0.5, 0.6) is 0 Å². The van der Waals surface area contributed by atoms with E-state index in [4.69, 9.17) is 17.3 Å². The molecule has 1 aliphatic heterocycles. The molecule has 1 fully saturated rings. The number of halogens is 1. The standard InChI is InChI=1S/C10H14ClN3O/c1-10(15)2-3-14(6-10)9-8(11)4-7(12)5-13-9/h4-5,15H,2-3,6,12H2,1H3. The summed E-state index contributed by atoms with van der Waals surface area (Å²) in [6.07, 6.45) is 2.31. The van der Waals surface area contributed by atoms with Crippen molar-refractivity contribution in [2.45, 2.75) is 18.9 Å². The minimum absolute atomic E-state index is 0.535. The van der Waals surface area contributed by atoms with E-state index in [1.165, 1.54) is 0 Å². The zero-order chi connectivity index (χ0) is 11.1. The molecule has 1 saturated heterocycles. The van der Waals surface area contributed by atoms with Gasteiger partial charge in [0.1, 0.15) is 5.82 Å². The third-order valence-corrected chi connectivity index (χ3v) is 2.87. The molecule has 2 heterocycles. The largest absolute Gasteiger partial charge is 0.397 e. The van der Waals surface area contributed by atoms with Crippen LogP contribution >= 0.6 is 11.6 Å². The van der Waals surface area contributed by atoms with Gasteiger partial charge in [-0.3, -0.25) is 0 Å². The fourth-order valence-corrected chi connectivity index (χ4v) is 2.10. The highest BCUT2D eigenvalue weighted by Gasteiger charge is 2.32. The van der Waals surface area contributed by atoms with Gasteiger partial charge >= 0.3 is 0 Å². The Morgan fingerprint density at radius 2 is 2.40 bits per heavy atom. The Morgan fingerprint density at radius 1 is 1.67 bits per heavy atom. The molecule has 1 aromatic heterocycles. The predicted molar refractivity (Wildman–Crippen MR) is 61.1 cm³/mol. The molecule has 15 heavy (non-hydrogen) atoms. The van der Waals surface area contributed by atoms with Gasteiger partial charge in [0.15, 0.2) is 0 Å². The quantitative estimate of drug-likeness (QED) is 0.759. The van der Waals surface area contributed by atoms with Crippen molar-refractivity contribution in [3.05, 3.63) is 17.3 Å². The van der Waals surface area contributed by atoms with Gasteiger partial charge in [-0.15, -0.1) is 0 Å². The summed E-state index contributed by atoms with van der Waals surface area (Å²) in [4.78, 5) is 6.16. The number of nitrogens with zero attached hydrogens (tertiary/aromatic N) is 2. The Hall–Kier alpha value is -1.00. The maximum absolute atomic E-state index is 9.83. The van der Waals surface area contributed by atoms with Crippen molar-refractivity contribution >= 4 is 23.1 Å². The third-order valence-electron chi connectivity index (χ3n) is 2.59. The lowest BCUT2D eigenvalue weighted by Crippen LogP contribution is -2.30. The molecule has 2 rings (SSSR count). The average Bonchev–Trinajstić information content (AvgIpc) is 2.46. The van der Waals surface area contributed by atoms with Crippen LogP contribution in [0.15, 0.2) is 12.3 Å². The smallest absolute Gasteiger partial charge is 0.147 e. The lowest BCUT2D eigenvalue weighted by molar-refractivity contribution is 0.0839. The second-order valence-electron chi connectivity index (χ2n) is 4.24. The highest BCUT2D eigenvalue weighted by atomic mass is 35.5. The Balaban J connectivity index is 2.24. The highest BCUT2D eigenvalue weighted by molar-refractivity contribution is 6.33. The summed E-state index contributed by atoms with van der Waals surface area (Å²) in [7, 11) is 0. The molecule has 0 aliphatic carbocycles. The van der Waals surface area contributed by atoms with Gasteiger partial charge in [-0.25, -0.2) is 4.98 Å². The fraction of sp³-hybridized carbons (Fsp3) is 0.500. The maximum atomic E-state index is 9.83. The molecule has 82 valence electrons. The van der Waals surface area contributed by atoms with E-state index >= 15 is 0 Å². The van der Waals surface area contributed by atoms with Gasteiger partial charge in [-0.2, -0.15) is 0 Å². The van der Waals surface area contributed by atoms with Crippen LogP contribution in [0.3, 0.4) is 0 Å². The molecule has 0 bridgehead atoms. The Morgan fingerprint density at radius 3 is 2.93 bits per heavy atom. The van der Waals surface area contributed by atoms with Crippen molar-refractivity contribution < 1.29 is 5.11 Å². The van der Waals surface area contributed by atoms with Crippen LogP contribution in [0.1, 0.15) is 13.3 Å². The predicted octanol–water partition coefficient (Wildman–Crippen LogP) is 1.28. The van der Waals surface area contributed by atoms with E-state index in [1.54, 1.807) is 12.3 Å². The molecule has 0 radical (unpaired) electrons. The van der Waals surface area contributed by atoms with Crippen LogP contribution in [0, 0.1) is 0 Å². The summed E-state index contributed by atoms with van der Waals surface area (Å²) in [6, 6.07) is 1.68. The van der Waals surface area contributed by atoms with Crippen LogP contribution in [0.4, 0.5) is 11.5 Å². The van der Waals surface area contributed by atoms with Gasteiger partial charge in [0.25, 0.3) is 0 Å². The number of rotatable bonds is 1. The Bertz CT molecular complexity index is 381. The average molecular weight is 228 g/mol. The van der Waals surface area contributed by atoms with Crippen molar-refractivity contribution in [3.8, 4) is 0 Å². The number of hydrogen-bond donors (Lipinski definition) is 2. The molecule has 3 N–H and O–H groups in total. The molecule has 0 saturated carbocycles. The number of anilines is 2. The minimum Gasteiger partial charge on any atom is -0.397 e. The molecular weight excluding hydrogens is 214 g/mol. The summed E-state index contributed by atoms with van der Waals surface area (Å²) in [5.41, 5.74) is 5.47. The van der Waals surface area contributed by atoms with E-state index in [-0.39, 0.29) is 0 Å². The topological polar surface area (TPSA) is 62.4 Å². The molecule has 4 nitrogen and oxygen atoms in total. The number of pyridine rings is 1. The van der Waals surface area contributed by atoms with Crippen LogP contribution < -0.4 is 10.6 Å². The maximum Gasteiger partial charge on any atom is 0.147 e. The van der Waals surface area contributed by atoms with Gasteiger partial charge in [-0.1, -0.05) is 11.6 Å². The number of β-amino-alcohol motifs (C(OH)–C–C–N with tert-alkyl or cyclic N) is 1. The van der Waals surface area contributed by atoms with Crippen LogP contribution in [-0.2, 0) is 0 Å². The van der Waals surface area contributed by atoms with Gasteiger partial charge in [0, 0.05) is 13.1 Å². The summed E-state index contributed by atoms with van der Waals surface area (Å²) < 4.78 is 0. The van der Waals surface area contributed by atoms with Crippen LogP contribution in [0.25, 0.3) is 0 Å². The van der Waals surface area contributed by atoms with Crippen molar-refractivity contribution in [1.29, 1.82) is 0 Å². The van der Waals surface area contributed by atoms with Crippen molar-refractivity contribution in [2.24, 2.45) is 0 Å². The molecule has 0 amide bonds. The Kier molecular flexibility index (Phi) is 2.48. The van der Waals surface area contributed by atoms with E-state index in [0.717, 1.165) is 13.0 Å². The number of aliphatic hydroxyl groups is 1. The lowest BCUT2D eigenvalue weighted by atomic mass is 10.1. The van der Waals surface area contributed by atoms with Crippen LogP contribution in [0.2, 0.25) is 5.02 Å². The number of nitrogen functional groups attached to an aromatic ring is 1. The molecule has 0 spiro atoms. The van der Waals surface area contributed by atoms with E-state index < -0.39 is 5.60 Å². The first-order chi connectivity index (χ1) is 6.98. The molecule has 5 heteroatoms. The van der Waals surface area contributed by atoms with Crippen molar-refractivity contribution in [1.82, 2.24) is 4.98 Å². The number of aromatic nitrogens is 1. The van der Waals surface area contributed by atoms with E-state index in [0.29, 0.717) is 23.1 Å². The monoisotopic (exact) mass is 227 g/mol. The summed E-state index contributed by atoms with van der Waals surface area (Å²) in [5.74, 6) is 0.698. The first kappa shape index (κ1) is 10.5. The summed E-state index contributed by atoms with van der Waals surface area (Å²) >= 11 is 6.04. The highest BCUT2D eigenvalue weighted by Crippen LogP contribution is 2.30. The minimum atomic E-state index is -0.646. The van der Waals surface area contributed by atoms with Gasteiger partial charge in [0.2, 0.25) is 0 Å². The third kappa shape index (κ3) is 2.16. The summed E-state index contributed by atoms with van der Waals surface area (Å²) in [6.45, 7) is 3.14. The van der Waals surface area contributed by atoms with E-state index in [9.17, 15) is 5.11 Å². The van der Waals surface area contributed by atoms with Gasteiger partial charge in [0.05, 0.1) is 22.5 Å². The first-order valence-corrected chi connectivity index (χ1v) is 5.24. The number of nitrogens with two attached hydrogens (primary N) is 1. The van der Waals surface area contributed by atoms with E-state index in [2.05, 4.69) is 4.98 Å². The van der Waals surface area contributed by atoms with Crippen molar-refractivity contribution in [2.75, 3.05) is 23.7 Å². The molecule has 1 atom stereocenters. The molecule has 0 aromatic carbocycles. The molecule has 1 aliphatic rings. The summed E-state index contributed by atoms with van der Waals surface area (Å²) in [5, 5.41) is 10.4. The number of hydrogen-bond acceptors (Lipinski definition) is 4. The Labute approximate surface area is 93.7 Å². The zero-order valence-corrected chi connectivity index (χ0v) is 9.33. The van der Waals surface area contributed by atoms with Crippen LogP contribution in [-0.4, -0.2) is 28.8 Å². The van der Waals surface area contributed by atoms with Crippen molar-refractivity contribution in [3.63, 3.8) is 0 Å². The fourth-order valence-electron chi connectivity index (χ4n) is 1.80. The lowest BCUT2D eigenvalue weighted by Gasteiger charge is -2.20. The molecule has 1 unspecified atom stereocenters. The van der Waals surface area contributed by atoms with Gasteiger partial charge < -0.3 is 15.7 Å². The second kappa shape index (κ2) is 3.54. The van der Waals surface area contributed by atoms with E-state index in [1.807, 2.05) is 11.8 Å². The second-order valence-corrected chi connectivity index (χ2v) is 4.65. The normalized spacial score (nSPS) is 25.9. The van der Waals surface area contributed by atoms with Gasteiger partial charge in [-0.05, 0) is 19.4 Å².